The van der Waals surface area contributed by atoms with Gasteiger partial charge < -0.3 is 9.64 Å². The molecule has 20 heavy (non-hydrogen) atoms. The van der Waals surface area contributed by atoms with Gasteiger partial charge in [-0.1, -0.05) is 0 Å². The molecular formula is C13H14N4O2S. The molecule has 0 unspecified atom stereocenters. The fraction of sp³-hybridized carbons (Fsp3) is 0.308. The van der Waals surface area contributed by atoms with Crippen LogP contribution in [-0.2, 0) is 4.74 Å². The first-order chi connectivity index (χ1) is 9.83. The molecule has 3 heterocycles. The highest BCUT2D eigenvalue weighted by Crippen LogP contribution is 2.16. The third kappa shape index (κ3) is 2.94. The zero-order valence-electron chi connectivity index (χ0n) is 10.8. The minimum absolute atomic E-state index is 0.170. The summed E-state index contributed by atoms with van der Waals surface area (Å²) < 4.78 is 5.31. The number of nitrogens with zero attached hydrogens (tertiary/aromatic N) is 3. The summed E-state index contributed by atoms with van der Waals surface area (Å²) in [5, 5.41) is 5.18. The molecule has 1 aliphatic heterocycles. The number of ether oxygens (including phenoxy) is 1. The summed E-state index contributed by atoms with van der Waals surface area (Å²) in [5.74, 6) is 0.636. The second kappa shape index (κ2) is 5.98. The number of carbonyl (C=O) groups is 1. The minimum atomic E-state index is -0.170. The Hall–Kier alpha value is -1.99. The van der Waals surface area contributed by atoms with Crippen molar-refractivity contribution in [2.45, 2.75) is 0 Å². The Labute approximate surface area is 120 Å². The Kier molecular flexibility index (Phi) is 3.89. The van der Waals surface area contributed by atoms with E-state index in [0.717, 1.165) is 18.9 Å². The van der Waals surface area contributed by atoms with Gasteiger partial charge >= 0.3 is 0 Å². The van der Waals surface area contributed by atoms with Crippen molar-refractivity contribution in [3.63, 3.8) is 0 Å². The summed E-state index contributed by atoms with van der Waals surface area (Å²) in [6.45, 7) is 2.98. The molecule has 0 saturated carbocycles. The van der Waals surface area contributed by atoms with Gasteiger partial charge in [-0.15, -0.1) is 11.3 Å². The zero-order chi connectivity index (χ0) is 13.8. The summed E-state index contributed by atoms with van der Waals surface area (Å²) in [6, 6.07) is 3.50. The summed E-state index contributed by atoms with van der Waals surface area (Å²) in [5.41, 5.74) is 0.580. The molecule has 3 rings (SSSR count). The molecule has 1 saturated heterocycles. The van der Waals surface area contributed by atoms with Crippen LogP contribution < -0.4 is 10.2 Å². The molecule has 0 spiro atoms. The molecular weight excluding hydrogens is 276 g/mol. The molecule has 1 N–H and O–H groups in total. The van der Waals surface area contributed by atoms with Gasteiger partial charge in [0.25, 0.3) is 5.91 Å². The Morgan fingerprint density at radius 3 is 2.90 bits per heavy atom. The molecule has 0 aromatic carbocycles. The predicted molar refractivity (Wildman–Crippen MR) is 77.3 cm³/mol. The van der Waals surface area contributed by atoms with E-state index in [-0.39, 0.29) is 5.91 Å². The third-order valence-electron chi connectivity index (χ3n) is 3.00. The van der Waals surface area contributed by atoms with Gasteiger partial charge in [0, 0.05) is 36.4 Å². The number of hydrogen-bond donors (Lipinski definition) is 1. The van der Waals surface area contributed by atoms with Gasteiger partial charge in [-0.05, 0) is 12.1 Å². The fourth-order valence-corrected chi connectivity index (χ4v) is 2.50. The molecule has 104 valence electrons. The van der Waals surface area contributed by atoms with Crippen molar-refractivity contribution in [2.24, 2.45) is 0 Å². The molecule has 1 amide bonds. The molecule has 0 atom stereocenters. The van der Waals surface area contributed by atoms with Crippen molar-refractivity contribution in [3.05, 3.63) is 35.5 Å². The van der Waals surface area contributed by atoms with Gasteiger partial charge in [0.05, 0.1) is 13.2 Å². The standard InChI is InChI=1S/C13H14N4O2S/c18-12(16-13-15-3-8-20-13)10-1-2-14-11(9-10)17-4-6-19-7-5-17/h1-3,8-9H,4-7H2,(H,15,16,18). The quantitative estimate of drug-likeness (QED) is 0.930. The van der Waals surface area contributed by atoms with Gasteiger partial charge in [0.15, 0.2) is 5.13 Å². The lowest BCUT2D eigenvalue weighted by Gasteiger charge is -2.27. The first-order valence-electron chi connectivity index (χ1n) is 6.32. The van der Waals surface area contributed by atoms with Gasteiger partial charge in [0.2, 0.25) is 0 Å². The van der Waals surface area contributed by atoms with Crippen molar-refractivity contribution in [3.8, 4) is 0 Å². The SMILES string of the molecule is O=C(Nc1nccs1)c1ccnc(N2CCOCC2)c1. The number of carbonyl (C=O) groups excluding carboxylic acids is 1. The number of anilines is 2. The van der Waals surface area contributed by atoms with E-state index in [9.17, 15) is 4.79 Å². The first kappa shape index (κ1) is 13.0. The first-order valence-corrected chi connectivity index (χ1v) is 7.20. The Balaban J connectivity index is 1.74. The second-order valence-electron chi connectivity index (χ2n) is 4.29. The lowest BCUT2D eigenvalue weighted by Crippen LogP contribution is -2.36. The fourth-order valence-electron chi connectivity index (χ4n) is 1.98. The molecule has 2 aromatic heterocycles. The summed E-state index contributed by atoms with van der Waals surface area (Å²) in [7, 11) is 0. The highest BCUT2D eigenvalue weighted by molar-refractivity contribution is 7.13. The van der Waals surface area contributed by atoms with Crippen molar-refractivity contribution < 1.29 is 9.53 Å². The number of rotatable bonds is 3. The average molecular weight is 290 g/mol. The van der Waals surface area contributed by atoms with Crippen LogP contribution >= 0.6 is 11.3 Å². The van der Waals surface area contributed by atoms with Crippen LogP contribution in [0.2, 0.25) is 0 Å². The topological polar surface area (TPSA) is 67.4 Å². The summed E-state index contributed by atoms with van der Waals surface area (Å²) in [4.78, 5) is 22.6. The van der Waals surface area contributed by atoms with Crippen molar-refractivity contribution in [2.75, 3.05) is 36.5 Å². The number of pyridine rings is 1. The smallest absolute Gasteiger partial charge is 0.257 e. The Bertz CT molecular complexity index is 582. The Morgan fingerprint density at radius 2 is 2.15 bits per heavy atom. The van der Waals surface area contributed by atoms with Crippen LogP contribution in [0.25, 0.3) is 0 Å². The van der Waals surface area contributed by atoms with Gasteiger partial charge in [-0.2, -0.15) is 0 Å². The van der Waals surface area contributed by atoms with Crippen molar-refractivity contribution in [1.29, 1.82) is 0 Å². The van der Waals surface area contributed by atoms with Crippen LogP contribution in [0.1, 0.15) is 10.4 Å². The van der Waals surface area contributed by atoms with Gasteiger partial charge in [-0.3, -0.25) is 10.1 Å². The monoisotopic (exact) mass is 290 g/mol. The number of nitrogens with one attached hydrogen (secondary N) is 1. The number of hydrogen-bond acceptors (Lipinski definition) is 6. The largest absolute Gasteiger partial charge is 0.378 e. The van der Waals surface area contributed by atoms with Crippen molar-refractivity contribution >= 4 is 28.2 Å². The maximum Gasteiger partial charge on any atom is 0.257 e. The highest BCUT2D eigenvalue weighted by atomic mass is 32.1. The normalized spacial score (nSPS) is 15.1. The van der Waals surface area contributed by atoms with E-state index < -0.39 is 0 Å². The number of morpholine rings is 1. The minimum Gasteiger partial charge on any atom is -0.378 e. The highest BCUT2D eigenvalue weighted by Gasteiger charge is 2.15. The summed E-state index contributed by atoms with van der Waals surface area (Å²) in [6.07, 6.45) is 3.31. The Morgan fingerprint density at radius 1 is 1.30 bits per heavy atom. The van der Waals surface area contributed by atoms with Gasteiger partial charge in [0.1, 0.15) is 5.82 Å². The lowest BCUT2D eigenvalue weighted by atomic mass is 10.2. The van der Waals surface area contributed by atoms with Crippen molar-refractivity contribution in [1.82, 2.24) is 9.97 Å². The molecule has 7 heteroatoms. The van der Waals surface area contributed by atoms with Crippen LogP contribution in [0.3, 0.4) is 0 Å². The molecule has 6 nitrogen and oxygen atoms in total. The van der Waals surface area contributed by atoms with Gasteiger partial charge in [-0.25, -0.2) is 9.97 Å². The van der Waals surface area contributed by atoms with E-state index in [1.54, 1.807) is 24.5 Å². The molecule has 0 aliphatic carbocycles. The lowest BCUT2D eigenvalue weighted by molar-refractivity contribution is 0.102. The van der Waals surface area contributed by atoms with E-state index in [2.05, 4.69) is 20.2 Å². The van der Waals surface area contributed by atoms with Crippen LogP contribution in [0.4, 0.5) is 10.9 Å². The molecule has 1 aliphatic rings. The predicted octanol–water partition coefficient (Wildman–Crippen LogP) is 1.63. The van der Waals surface area contributed by atoms with Crippen LogP contribution in [0.5, 0.6) is 0 Å². The number of thiazole rings is 1. The molecule has 2 aromatic rings. The van der Waals surface area contributed by atoms with Crippen LogP contribution in [0.15, 0.2) is 29.9 Å². The van der Waals surface area contributed by atoms with Crippen LogP contribution in [0, 0.1) is 0 Å². The number of amides is 1. The third-order valence-corrected chi connectivity index (χ3v) is 3.68. The van der Waals surface area contributed by atoms with E-state index in [1.807, 2.05) is 5.38 Å². The zero-order valence-corrected chi connectivity index (χ0v) is 11.6. The second-order valence-corrected chi connectivity index (χ2v) is 5.19. The molecule has 0 bridgehead atoms. The molecule has 1 fully saturated rings. The molecule has 0 radical (unpaired) electrons. The summed E-state index contributed by atoms with van der Waals surface area (Å²) >= 11 is 1.39. The van der Waals surface area contributed by atoms with E-state index in [0.29, 0.717) is 23.9 Å². The maximum absolute atomic E-state index is 12.1. The van der Waals surface area contributed by atoms with Crippen LogP contribution in [-0.4, -0.2) is 42.2 Å². The maximum atomic E-state index is 12.1. The van der Waals surface area contributed by atoms with E-state index in [1.165, 1.54) is 11.3 Å². The van der Waals surface area contributed by atoms with E-state index >= 15 is 0 Å². The number of aromatic nitrogens is 2. The average Bonchev–Trinajstić information content (AvgIpc) is 3.01. The van der Waals surface area contributed by atoms with E-state index in [4.69, 9.17) is 4.74 Å².